The standard InChI is InChI=1S/C23H29N3O3.C7H7NO/c1-14-13-26(19-10-23(2,3)11-20(27)21(14)19)15-6-7-17(22(24)28)18(9-15)25-12-16-5-4-8-29-16;8-7(9)6-4-2-1-3-5-6/h6-7,9,13,16,25H,4-5,8,10-12H2,1-3H3,(H2,24,28);1-5H,(H2,8,9). The van der Waals surface area contributed by atoms with Gasteiger partial charge < -0.3 is 26.1 Å². The van der Waals surface area contributed by atoms with Gasteiger partial charge in [0.25, 0.3) is 5.91 Å². The molecule has 1 aliphatic carbocycles. The molecular weight excluding hydrogens is 480 g/mol. The van der Waals surface area contributed by atoms with E-state index >= 15 is 0 Å². The predicted octanol–water partition coefficient (Wildman–Crippen LogP) is 4.42. The van der Waals surface area contributed by atoms with Crippen molar-refractivity contribution in [2.24, 2.45) is 16.9 Å². The number of aryl methyl sites for hydroxylation is 1. The van der Waals surface area contributed by atoms with Crippen molar-refractivity contribution in [1.29, 1.82) is 0 Å². The topological polar surface area (TPSA) is 129 Å². The van der Waals surface area contributed by atoms with E-state index < -0.39 is 5.91 Å². The molecule has 1 saturated heterocycles. The lowest BCUT2D eigenvalue weighted by Crippen LogP contribution is -2.28. The van der Waals surface area contributed by atoms with Crippen LogP contribution >= 0.6 is 0 Å². The molecule has 5 rings (SSSR count). The fraction of sp³-hybridized carbons (Fsp3) is 0.367. The van der Waals surface area contributed by atoms with E-state index in [1.165, 1.54) is 0 Å². The van der Waals surface area contributed by atoms with Crippen LogP contribution in [0.2, 0.25) is 0 Å². The number of ether oxygens (including phenoxy) is 1. The van der Waals surface area contributed by atoms with Crippen molar-refractivity contribution in [2.45, 2.75) is 52.6 Å². The Labute approximate surface area is 223 Å². The maximum Gasteiger partial charge on any atom is 0.250 e. The van der Waals surface area contributed by atoms with E-state index in [0.717, 1.165) is 48.4 Å². The fourth-order valence-corrected chi connectivity index (χ4v) is 5.18. The fourth-order valence-electron chi connectivity index (χ4n) is 5.18. The number of anilines is 1. The second-order valence-electron chi connectivity index (χ2n) is 10.8. The van der Waals surface area contributed by atoms with Gasteiger partial charge in [-0.05, 0) is 67.5 Å². The van der Waals surface area contributed by atoms with Crippen LogP contribution < -0.4 is 16.8 Å². The Kier molecular flexibility index (Phi) is 8.02. The van der Waals surface area contributed by atoms with Crippen molar-refractivity contribution in [3.8, 4) is 5.69 Å². The van der Waals surface area contributed by atoms with E-state index in [4.69, 9.17) is 16.2 Å². The Morgan fingerprint density at radius 2 is 1.82 bits per heavy atom. The number of ketones is 1. The maximum absolute atomic E-state index is 12.7. The Balaban J connectivity index is 0.000000317. The van der Waals surface area contributed by atoms with Gasteiger partial charge in [0.15, 0.2) is 5.78 Å². The van der Waals surface area contributed by atoms with E-state index in [0.29, 0.717) is 29.8 Å². The second-order valence-corrected chi connectivity index (χ2v) is 10.8. The van der Waals surface area contributed by atoms with E-state index in [9.17, 15) is 14.4 Å². The number of fused-ring (bicyclic) bond motifs is 1. The molecule has 1 aliphatic heterocycles. The van der Waals surface area contributed by atoms with Gasteiger partial charge in [-0.3, -0.25) is 14.4 Å². The number of primary amides is 2. The highest BCUT2D eigenvalue weighted by Gasteiger charge is 2.34. The molecule has 0 bridgehead atoms. The molecule has 0 spiro atoms. The smallest absolute Gasteiger partial charge is 0.250 e. The minimum atomic E-state index is -0.464. The molecule has 1 atom stereocenters. The molecule has 2 heterocycles. The number of hydrogen-bond acceptors (Lipinski definition) is 5. The molecule has 2 aromatic carbocycles. The Bertz CT molecular complexity index is 1340. The summed E-state index contributed by atoms with van der Waals surface area (Å²) >= 11 is 0. The highest BCUT2D eigenvalue weighted by atomic mass is 16.5. The molecule has 1 fully saturated rings. The number of carbonyl (C=O) groups is 3. The number of hydrogen-bond donors (Lipinski definition) is 3. The summed E-state index contributed by atoms with van der Waals surface area (Å²) in [4.78, 5) is 35.1. The van der Waals surface area contributed by atoms with Crippen LogP contribution in [0, 0.1) is 12.3 Å². The van der Waals surface area contributed by atoms with Gasteiger partial charge >= 0.3 is 0 Å². The van der Waals surface area contributed by atoms with E-state index in [1.54, 1.807) is 30.3 Å². The molecule has 8 heteroatoms. The monoisotopic (exact) mass is 516 g/mol. The zero-order chi connectivity index (χ0) is 27.4. The first-order valence-corrected chi connectivity index (χ1v) is 12.9. The van der Waals surface area contributed by atoms with Crippen molar-refractivity contribution < 1.29 is 19.1 Å². The summed E-state index contributed by atoms with van der Waals surface area (Å²) in [6, 6.07) is 14.4. The highest BCUT2D eigenvalue weighted by molar-refractivity contribution is 6.01. The zero-order valence-corrected chi connectivity index (χ0v) is 22.3. The van der Waals surface area contributed by atoms with Gasteiger partial charge in [0, 0.05) is 54.0 Å². The third kappa shape index (κ3) is 6.14. The second kappa shape index (κ2) is 11.2. The van der Waals surface area contributed by atoms with Crippen LogP contribution in [0.3, 0.4) is 0 Å². The molecular formula is C30H36N4O4. The van der Waals surface area contributed by atoms with Gasteiger partial charge in [0.2, 0.25) is 5.91 Å². The first-order valence-electron chi connectivity index (χ1n) is 12.9. The molecule has 38 heavy (non-hydrogen) atoms. The maximum atomic E-state index is 12.7. The number of rotatable bonds is 6. The van der Waals surface area contributed by atoms with Crippen LogP contribution in [0.25, 0.3) is 5.69 Å². The number of aromatic nitrogens is 1. The van der Waals surface area contributed by atoms with Gasteiger partial charge in [0.05, 0.1) is 11.7 Å². The van der Waals surface area contributed by atoms with Gasteiger partial charge in [-0.1, -0.05) is 32.0 Å². The van der Waals surface area contributed by atoms with Gasteiger partial charge in [0.1, 0.15) is 0 Å². The van der Waals surface area contributed by atoms with E-state index in [1.807, 2.05) is 31.3 Å². The van der Waals surface area contributed by atoms with E-state index in [-0.39, 0.29) is 23.2 Å². The predicted molar refractivity (Wildman–Crippen MR) is 148 cm³/mol. The summed E-state index contributed by atoms with van der Waals surface area (Å²) in [7, 11) is 0. The van der Waals surface area contributed by atoms with Crippen molar-refractivity contribution in [2.75, 3.05) is 18.5 Å². The molecule has 8 nitrogen and oxygen atoms in total. The minimum absolute atomic E-state index is 0.0688. The van der Waals surface area contributed by atoms with Gasteiger partial charge in [-0.15, -0.1) is 0 Å². The van der Waals surface area contributed by atoms with Crippen molar-refractivity contribution >= 4 is 23.3 Å². The Hall–Kier alpha value is -3.91. The molecule has 2 amide bonds. The first-order chi connectivity index (χ1) is 18.1. The third-order valence-corrected chi connectivity index (χ3v) is 7.01. The molecule has 3 aromatic rings. The largest absolute Gasteiger partial charge is 0.382 e. The van der Waals surface area contributed by atoms with Crippen LogP contribution in [-0.4, -0.2) is 41.4 Å². The summed E-state index contributed by atoms with van der Waals surface area (Å²) in [5.41, 5.74) is 16.0. The number of benzene rings is 2. The average molecular weight is 517 g/mol. The first kappa shape index (κ1) is 27.1. The molecule has 1 unspecified atom stereocenters. The summed E-state index contributed by atoms with van der Waals surface area (Å²) in [5, 5.41) is 3.35. The van der Waals surface area contributed by atoms with Crippen molar-refractivity contribution in [3.63, 3.8) is 0 Å². The summed E-state index contributed by atoms with van der Waals surface area (Å²) in [6.45, 7) is 7.67. The quantitative estimate of drug-likeness (QED) is 0.447. The molecule has 1 aromatic heterocycles. The SMILES string of the molecule is Cc1cn(-c2ccc(C(N)=O)c(NCC3CCCO3)c2)c2c1C(=O)CC(C)(C)C2.NC(=O)c1ccccc1. The lowest BCUT2D eigenvalue weighted by atomic mass is 9.75. The van der Waals surface area contributed by atoms with Gasteiger partial charge in [-0.2, -0.15) is 0 Å². The molecule has 0 saturated carbocycles. The molecule has 5 N–H and O–H groups in total. The number of nitrogens with zero attached hydrogens (tertiary/aromatic N) is 1. The normalized spacial score (nSPS) is 17.8. The number of amides is 2. The van der Waals surface area contributed by atoms with Crippen LogP contribution in [0.5, 0.6) is 0 Å². The number of carbonyl (C=O) groups excluding carboxylic acids is 3. The minimum Gasteiger partial charge on any atom is -0.382 e. The van der Waals surface area contributed by atoms with Crippen LogP contribution in [0.15, 0.2) is 54.7 Å². The zero-order valence-electron chi connectivity index (χ0n) is 22.3. The summed E-state index contributed by atoms with van der Waals surface area (Å²) < 4.78 is 7.77. The van der Waals surface area contributed by atoms with Crippen LogP contribution in [-0.2, 0) is 11.2 Å². The highest BCUT2D eigenvalue weighted by Crippen LogP contribution is 2.38. The Morgan fingerprint density at radius 1 is 1.08 bits per heavy atom. The number of nitrogens with one attached hydrogen (secondary N) is 1. The van der Waals surface area contributed by atoms with Gasteiger partial charge in [-0.25, -0.2) is 0 Å². The van der Waals surface area contributed by atoms with Crippen LogP contribution in [0.1, 0.15) is 75.4 Å². The summed E-state index contributed by atoms with van der Waals surface area (Å²) in [5.74, 6) is -0.637. The summed E-state index contributed by atoms with van der Waals surface area (Å²) in [6.07, 6.45) is 5.65. The van der Waals surface area contributed by atoms with Crippen molar-refractivity contribution in [3.05, 3.63) is 82.7 Å². The molecule has 0 radical (unpaired) electrons. The molecule has 2 aliphatic rings. The Morgan fingerprint density at radius 3 is 2.42 bits per heavy atom. The molecule has 200 valence electrons. The lowest BCUT2D eigenvalue weighted by Gasteiger charge is -2.30. The van der Waals surface area contributed by atoms with Crippen LogP contribution in [0.4, 0.5) is 5.69 Å². The number of Topliss-reactive ketones (excluding diaryl/α,β-unsaturated/α-hetero) is 1. The van der Waals surface area contributed by atoms with E-state index in [2.05, 4.69) is 23.7 Å². The van der Waals surface area contributed by atoms with Crippen molar-refractivity contribution in [1.82, 2.24) is 4.57 Å². The lowest BCUT2D eigenvalue weighted by molar-refractivity contribution is 0.0908. The third-order valence-electron chi connectivity index (χ3n) is 7.01. The average Bonchev–Trinajstić information content (AvgIpc) is 3.50. The number of nitrogens with two attached hydrogens (primary N) is 2.